The minimum Gasteiger partial charge on any atom is -0.481 e. The predicted octanol–water partition coefficient (Wildman–Crippen LogP) is 1.24. The smallest absolute Gasteiger partial charge is 0.307 e. The van der Waals surface area contributed by atoms with E-state index in [1.165, 1.54) is 39.1 Å². The van der Waals surface area contributed by atoms with Crippen molar-refractivity contribution in [2.45, 2.75) is 18.7 Å². The number of nitro benzene ring substituents is 1. The molecular formula is C12H16N2O6S. The lowest BCUT2D eigenvalue weighted by Gasteiger charge is -2.20. The van der Waals surface area contributed by atoms with Gasteiger partial charge in [-0.2, -0.15) is 0 Å². The van der Waals surface area contributed by atoms with Crippen LogP contribution in [0.15, 0.2) is 23.1 Å². The normalized spacial score (nSPS) is 13.1. The van der Waals surface area contributed by atoms with Crippen molar-refractivity contribution in [2.75, 3.05) is 13.6 Å². The van der Waals surface area contributed by atoms with Crippen molar-refractivity contribution in [1.29, 1.82) is 0 Å². The van der Waals surface area contributed by atoms with E-state index >= 15 is 0 Å². The monoisotopic (exact) mass is 316 g/mol. The first-order chi connectivity index (χ1) is 9.59. The minimum atomic E-state index is -3.99. The zero-order valence-corrected chi connectivity index (χ0v) is 12.6. The highest BCUT2D eigenvalue weighted by molar-refractivity contribution is 7.89. The van der Waals surface area contributed by atoms with Crippen LogP contribution >= 0.6 is 0 Å². The number of aliphatic carboxylic acids is 1. The number of hydrogen-bond donors (Lipinski definition) is 1. The molecule has 0 saturated heterocycles. The van der Waals surface area contributed by atoms with Crippen LogP contribution < -0.4 is 0 Å². The summed E-state index contributed by atoms with van der Waals surface area (Å²) in [6, 6.07) is 3.76. The van der Waals surface area contributed by atoms with Crippen molar-refractivity contribution < 1.29 is 23.2 Å². The molecule has 0 radical (unpaired) electrons. The van der Waals surface area contributed by atoms with Crippen LogP contribution in [0.1, 0.15) is 12.5 Å². The highest BCUT2D eigenvalue weighted by Gasteiger charge is 2.28. The van der Waals surface area contributed by atoms with Gasteiger partial charge in [0.15, 0.2) is 0 Å². The number of carboxylic acids is 1. The van der Waals surface area contributed by atoms with Crippen molar-refractivity contribution >= 4 is 21.7 Å². The van der Waals surface area contributed by atoms with Gasteiger partial charge in [0.05, 0.1) is 15.7 Å². The van der Waals surface area contributed by atoms with E-state index in [0.29, 0.717) is 0 Å². The molecule has 0 heterocycles. The van der Waals surface area contributed by atoms with Crippen molar-refractivity contribution in [3.05, 3.63) is 33.9 Å². The van der Waals surface area contributed by atoms with Gasteiger partial charge in [-0.05, 0) is 13.0 Å². The molecule has 1 atom stereocenters. The summed E-state index contributed by atoms with van der Waals surface area (Å²) in [5, 5.41) is 19.7. The van der Waals surface area contributed by atoms with Crippen molar-refractivity contribution in [2.24, 2.45) is 5.92 Å². The van der Waals surface area contributed by atoms with Crippen molar-refractivity contribution in [1.82, 2.24) is 4.31 Å². The Morgan fingerprint density at radius 3 is 2.52 bits per heavy atom. The van der Waals surface area contributed by atoms with Crippen LogP contribution in [-0.4, -0.2) is 42.3 Å². The summed E-state index contributed by atoms with van der Waals surface area (Å²) in [5.74, 6) is -2.00. The summed E-state index contributed by atoms with van der Waals surface area (Å²) in [6.45, 7) is 2.51. The van der Waals surface area contributed by atoms with Crippen LogP contribution in [0.3, 0.4) is 0 Å². The number of sulfonamides is 1. The van der Waals surface area contributed by atoms with Gasteiger partial charge < -0.3 is 5.11 Å². The molecule has 8 nitrogen and oxygen atoms in total. The largest absolute Gasteiger partial charge is 0.481 e. The highest BCUT2D eigenvalue weighted by atomic mass is 32.2. The quantitative estimate of drug-likeness (QED) is 0.623. The fraction of sp³-hybridized carbons (Fsp3) is 0.417. The predicted molar refractivity (Wildman–Crippen MR) is 74.4 cm³/mol. The van der Waals surface area contributed by atoms with Crippen molar-refractivity contribution in [3.63, 3.8) is 0 Å². The fourth-order valence-electron chi connectivity index (χ4n) is 1.81. The van der Waals surface area contributed by atoms with E-state index in [2.05, 4.69) is 0 Å². The lowest BCUT2D eigenvalue weighted by Crippen LogP contribution is -2.34. The van der Waals surface area contributed by atoms with E-state index in [-0.39, 0.29) is 22.7 Å². The third-order valence-corrected chi connectivity index (χ3v) is 5.06. The van der Waals surface area contributed by atoms with E-state index in [4.69, 9.17) is 5.11 Å². The van der Waals surface area contributed by atoms with Gasteiger partial charge in [-0.3, -0.25) is 14.9 Å². The number of nitro groups is 1. The first-order valence-electron chi connectivity index (χ1n) is 6.02. The van der Waals surface area contributed by atoms with E-state index in [1.807, 2.05) is 0 Å². The zero-order chi connectivity index (χ0) is 16.4. The average Bonchev–Trinajstić information content (AvgIpc) is 2.37. The third kappa shape index (κ3) is 3.56. The highest BCUT2D eigenvalue weighted by Crippen LogP contribution is 2.26. The van der Waals surface area contributed by atoms with Crippen LogP contribution in [0.4, 0.5) is 5.69 Å². The summed E-state index contributed by atoms with van der Waals surface area (Å²) in [7, 11) is -2.75. The van der Waals surface area contributed by atoms with Crippen molar-refractivity contribution in [3.8, 4) is 0 Å². The number of hydrogen-bond acceptors (Lipinski definition) is 5. The molecule has 0 aliphatic carbocycles. The number of rotatable bonds is 6. The number of carboxylic acid groups (broad SMARTS) is 1. The molecule has 9 heteroatoms. The van der Waals surface area contributed by atoms with Gasteiger partial charge in [0.2, 0.25) is 10.0 Å². The molecule has 1 N–H and O–H groups in total. The molecule has 0 fully saturated rings. The molecule has 0 bridgehead atoms. The minimum absolute atomic E-state index is 0.0253. The molecule has 21 heavy (non-hydrogen) atoms. The fourth-order valence-corrected chi connectivity index (χ4v) is 3.31. The topological polar surface area (TPSA) is 118 Å². The standard InChI is InChI=1S/C12H16N2O6S/c1-8(12(15)16)7-13(3)21(19,20)11-6-4-5-10(9(11)2)14(17)18/h4-6,8H,7H2,1-3H3,(H,15,16). The van der Waals surface area contributed by atoms with Gasteiger partial charge in [-0.25, -0.2) is 12.7 Å². The molecule has 1 aromatic carbocycles. The van der Waals surface area contributed by atoms with Gasteiger partial charge in [0.1, 0.15) is 0 Å². The molecule has 0 aromatic heterocycles. The molecular weight excluding hydrogens is 300 g/mol. The molecule has 0 saturated carbocycles. The van der Waals surface area contributed by atoms with Gasteiger partial charge in [-0.1, -0.05) is 13.0 Å². The number of carbonyl (C=O) groups is 1. The average molecular weight is 316 g/mol. The first-order valence-corrected chi connectivity index (χ1v) is 7.46. The Bertz CT molecular complexity index is 670. The van der Waals surface area contributed by atoms with Gasteiger partial charge in [0.25, 0.3) is 5.69 Å². The molecule has 1 aromatic rings. The van der Waals surface area contributed by atoms with Crippen LogP contribution in [0.25, 0.3) is 0 Å². The zero-order valence-electron chi connectivity index (χ0n) is 11.8. The summed E-state index contributed by atoms with van der Waals surface area (Å²) in [6.07, 6.45) is 0. The number of benzene rings is 1. The van der Waals surface area contributed by atoms with E-state index < -0.39 is 26.8 Å². The van der Waals surface area contributed by atoms with Crippen LogP contribution in [0, 0.1) is 23.0 Å². The Morgan fingerprint density at radius 1 is 1.48 bits per heavy atom. The van der Waals surface area contributed by atoms with Gasteiger partial charge >= 0.3 is 5.97 Å². The summed E-state index contributed by atoms with van der Waals surface area (Å²) >= 11 is 0. The Kier molecular flexibility index (Phi) is 5.02. The maximum Gasteiger partial charge on any atom is 0.307 e. The second-order valence-electron chi connectivity index (χ2n) is 4.68. The molecule has 116 valence electrons. The molecule has 0 amide bonds. The van der Waals surface area contributed by atoms with E-state index in [1.54, 1.807) is 0 Å². The summed E-state index contributed by atoms with van der Waals surface area (Å²) < 4.78 is 25.7. The first kappa shape index (κ1) is 17.1. The molecule has 0 spiro atoms. The second-order valence-corrected chi connectivity index (χ2v) is 6.70. The van der Waals surface area contributed by atoms with Crippen LogP contribution in [-0.2, 0) is 14.8 Å². The Labute approximate surface area is 122 Å². The molecule has 1 rings (SSSR count). The maximum absolute atomic E-state index is 12.4. The van der Waals surface area contributed by atoms with E-state index in [9.17, 15) is 23.3 Å². The van der Waals surface area contributed by atoms with Gasteiger partial charge in [-0.15, -0.1) is 0 Å². The molecule has 1 unspecified atom stereocenters. The Balaban J connectivity index is 3.23. The summed E-state index contributed by atoms with van der Waals surface area (Å²) in [4.78, 5) is 20.8. The Morgan fingerprint density at radius 2 is 2.05 bits per heavy atom. The van der Waals surface area contributed by atoms with Gasteiger partial charge in [0, 0.05) is 25.2 Å². The SMILES string of the molecule is Cc1c([N+](=O)[O-])cccc1S(=O)(=O)N(C)CC(C)C(=O)O. The number of nitrogens with zero attached hydrogens (tertiary/aromatic N) is 2. The lowest BCUT2D eigenvalue weighted by atomic mass is 10.2. The van der Waals surface area contributed by atoms with E-state index in [0.717, 1.165) is 4.31 Å². The third-order valence-electron chi connectivity index (χ3n) is 3.09. The Hall–Kier alpha value is -2.00. The molecule has 0 aliphatic rings. The maximum atomic E-state index is 12.4. The van der Waals surface area contributed by atoms with Crippen LogP contribution in [0.5, 0.6) is 0 Å². The summed E-state index contributed by atoms with van der Waals surface area (Å²) in [5.41, 5.74) is -0.270. The molecule has 0 aliphatic heterocycles. The lowest BCUT2D eigenvalue weighted by molar-refractivity contribution is -0.385. The second kappa shape index (κ2) is 6.19. The van der Waals surface area contributed by atoms with Crippen LogP contribution in [0.2, 0.25) is 0 Å².